The Hall–Kier alpha value is -2.82. The van der Waals surface area contributed by atoms with Crippen LogP contribution < -0.4 is 0 Å². The summed E-state index contributed by atoms with van der Waals surface area (Å²) >= 11 is 6.24. The summed E-state index contributed by atoms with van der Waals surface area (Å²) in [7, 11) is 0. The van der Waals surface area contributed by atoms with Gasteiger partial charge in [-0.15, -0.1) is 0 Å². The second kappa shape index (κ2) is 6.97. The van der Waals surface area contributed by atoms with E-state index in [1.54, 1.807) is 16.8 Å². The number of carbonyl (C=O) groups excluding carboxylic acids is 1. The molecule has 0 N–H and O–H groups in total. The fraction of sp³-hybridized carbons (Fsp3) is 0.222. The number of halogens is 1. The number of rotatable bonds is 3. The molecule has 126 valence electrons. The van der Waals surface area contributed by atoms with Crippen molar-refractivity contribution < 1.29 is 4.79 Å². The molecule has 6 nitrogen and oxygen atoms in total. The number of fused-ring (bicyclic) bond motifs is 2. The molecule has 0 atom stereocenters. The summed E-state index contributed by atoms with van der Waals surface area (Å²) in [6, 6.07) is 10.9. The lowest BCUT2D eigenvalue weighted by molar-refractivity contribution is 0.104. The minimum Gasteiger partial charge on any atom is -0.289 e. The molecule has 0 amide bonds. The maximum Gasteiger partial charge on any atom is 0.195 e. The summed E-state index contributed by atoms with van der Waals surface area (Å²) in [5, 5.41) is 9.44. The molecule has 1 heterocycles. The van der Waals surface area contributed by atoms with Crippen LogP contribution in [0.3, 0.4) is 0 Å². The van der Waals surface area contributed by atoms with E-state index in [1.807, 2.05) is 38.1 Å². The Morgan fingerprint density at radius 2 is 1.92 bits per heavy atom. The van der Waals surface area contributed by atoms with Gasteiger partial charge in [-0.1, -0.05) is 54.8 Å². The first-order chi connectivity index (χ1) is 12.2. The van der Waals surface area contributed by atoms with E-state index in [0.29, 0.717) is 29.2 Å². The molecule has 1 aliphatic rings. The van der Waals surface area contributed by atoms with Crippen LogP contribution in [0.15, 0.2) is 41.5 Å². The summed E-state index contributed by atoms with van der Waals surface area (Å²) in [4.78, 5) is 15.6. The van der Waals surface area contributed by atoms with Crippen LogP contribution in [0.1, 0.15) is 29.8 Å². The minimum absolute atomic E-state index is 0.0849. The normalized spacial score (nSPS) is 11.4. The molecule has 0 unspecified atom stereocenters. The molecule has 3 aromatic rings. The number of aromatic nitrogens is 2. The second-order valence-corrected chi connectivity index (χ2v) is 5.62. The Kier molecular flexibility index (Phi) is 4.74. The van der Waals surface area contributed by atoms with Gasteiger partial charge in [-0.3, -0.25) is 9.48 Å². The van der Waals surface area contributed by atoms with Gasteiger partial charge in [-0.25, -0.2) is 0 Å². The van der Waals surface area contributed by atoms with Crippen molar-refractivity contribution in [2.45, 2.75) is 20.4 Å². The third-order valence-electron chi connectivity index (χ3n) is 3.99. The Morgan fingerprint density at radius 3 is 2.68 bits per heavy atom. The summed E-state index contributed by atoms with van der Waals surface area (Å²) in [6.45, 7) is 4.75. The molecular formula is C18H16ClN5O. The number of benzene rings is 2. The van der Waals surface area contributed by atoms with Crippen LogP contribution in [0.5, 0.6) is 0 Å². The Balaban J connectivity index is 0.000000880. The number of carbonyl (C=O) groups is 1. The van der Waals surface area contributed by atoms with Crippen LogP contribution in [0.25, 0.3) is 32.6 Å². The first-order valence-corrected chi connectivity index (χ1v) is 8.44. The Bertz CT molecular complexity index is 1020. The molecular weight excluding hydrogens is 338 g/mol. The highest BCUT2D eigenvalue weighted by atomic mass is 35.5. The van der Waals surface area contributed by atoms with E-state index in [-0.39, 0.29) is 5.78 Å². The average Bonchev–Trinajstić information content (AvgIpc) is 3.01. The Labute approximate surface area is 149 Å². The van der Waals surface area contributed by atoms with Crippen LogP contribution in [0.2, 0.25) is 5.02 Å². The standard InChI is InChI=1S/C16H10ClN5O.C2H6/c17-11-5-1-3-9-13(11)16(23)10-4-2-6-12-14(10)15(9)20-22(12)8-7-19-21-18;1-2/h1-6H,7-8H2;1-2H3. The third-order valence-corrected chi connectivity index (χ3v) is 4.31. The molecule has 4 rings (SSSR count). The van der Waals surface area contributed by atoms with Crippen molar-refractivity contribution in [2.75, 3.05) is 6.54 Å². The lowest BCUT2D eigenvalue weighted by atomic mass is 9.87. The highest BCUT2D eigenvalue weighted by Crippen LogP contribution is 2.41. The molecule has 1 aliphatic carbocycles. The average molecular weight is 354 g/mol. The van der Waals surface area contributed by atoms with Crippen molar-refractivity contribution >= 4 is 28.3 Å². The van der Waals surface area contributed by atoms with Gasteiger partial charge in [0.1, 0.15) is 5.69 Å². The van der Waals surface area contributed by atoms with Crippen molar-refractivity contribution in [3.05, 3.63) is 63.0 Å². The summed E-state index contributed by atoms with van der Waals surface area (Å²) in [5.41, 5.74) is 11.9. The number of hydrogen-bond donors (Lipinski definition) is 0. The lowest BCUT2D eigenvalue weighted by Crippen LogP contribution is -2.09. The summed E-state index contributed by atoms with van der Waals surface area (Å²) in [5.74, 6) is -0.0849. The van der Waals surface area contributed by atoms with Gasteiger partial charge >= 0.3 is 0 Å². The molecule has 1 aromatic heterocycles. The van der Waals surface area contributed by atoms with Crippen LogP contribution in [-0.4, -0.2) is 22.1 Å². The molecule has 0 saturated carbocycles. The molecule has 0 saturated heterocycles. The monoisotopic (exact) mass is 353 g/mol. The maximum absolute atomic E-state index is 12.8. The van der Waals surface area contributed by atoms with E-state index < -0.39 is 0 Å². The van der Waals surface area contributed by atoms with Crippen molar-refractivity contribution in [3.8, 4) is 11.3 Å². The Morgan fingerprint density at radius 1 is 1.20 bits per heavy atom. The fourth-order valence-electron chi connectivity index (χ4n) is 3.05. The van der Waals surface area contributed by atoms with Gasteiger partial charge in [0, 0.05) is 34.5 Å². The van der Waals surface area contributed by atoms with Crippen LogP contribution in [-0.2, 0) is 6.54 Å². The zero-order valence-electron chi connectivity index (χ0n) is 13.9. The molecule has 0 radical (unpaired) electrons. The SMILES string of the molecule is CC.[N-]=[N+]=NCCn1nc2c3c(cccc31)C(=O)c1c(Cl)cccc1-2. The smallest absolute Gasteiger partial charge is 0.195 e. The van der Waals surface area contributed by atoms with Gasteiger partial charge in [0.2, 0.25) is 0 Å². The van der Waals surface area contributed by atoms with Gasteiger partial charge in [0.05, 0.1) is 16.1 Å². The number of nitrogens with zero attached hydrogens (tertiary/aromatic N) is 5. The highest BCUT2D eigenvalue weighted by Gasteiger charge is 2.30. The number of hydrogen-bond acceptors (Lipinski definition) is 3. The zero-order chi connectivity index (χ0) is 18.0. The van der Waals surface area contributed by atoms with Gasteiger partial charge in [-0.05, 0) is 17.7 Å². The largest absolute Gasteiger partial charge is 0.289 e. The zero-order valence-corrected chi connectivity index (χ0v) is 14.7. The second-order valence-electron chi connectivity index (χ2n) is 5.22. The van der Waals surface area contributed by atoms with Gasteiger partial charge < -0.3 is 0 Å². The topological polar surface area (TPSA) is 83.7 Å². The van der Waals surface area contributed by atoms with E-state index in [1.165, 1.54) is 0 Å². The highest BCUT2D eigenvalue weighted by molar-refractivity contribution is 6.38. The lowest BCUT2D eigenvalue weighted by Gasteiger charge is -2.15. The number of ketones is 1. The first-order valence-electron chi connectivity index (χ1n) is 8.06. The first kappa shape index (κ1) is 17.0. The van der Waals surface area contributed by atoms with Crippen LogP contribution in [0, 0.1) is 0 Å². The predicted molar refractivity (Wildman–Crippen MR) is 99.0 cm³/mol. The minimum atomic E-state index is -0.0849. The van der Waals surface area contributed by atoms with E-state index >= 15 is 0 Å². The van der Waals surface area contributed by atoms with E-state index in [0.717, 1.165) is 22.2 Å². The third kappa shape index (κ3) is 2.65. The quantitative estimate of drug-likeness (QED) is 0.286. The van der Waals surface area contributed by atoms with Crippen molar-refractivity contribution in [1.29, 1.82) is 0 Å². The molecule has 7 heteroatoms. The van der Waals surface area contributed by atoms with Gasteiger partial charge in [-0.2, -0.15) is 5.10 Å². The van der Waals surface area contributed by atoms with E-state index in [4.69, 9.17) is 17.1 Å². The molecule has 0 spiro atoms. The van der Waals surface area contributed by atoms with E-state index in [9.17, 15) is 4.79 Å². The van der Waals surface area contributed by atoms with Gasteiger partial charge in [0.15, 0.2) is 5.78 Å². The maximum atomic E-state index is 12.8. The van der Waals surface area contributed by atoms with Crippen molar-refractivity contribution in [1.82, 2.24) is 9.78 Å². The van der Waals surface area contributed by atoms with Crippen molar-refractivity contribution in [3.63, 3.8) is 0 Å². The fourth-order valence-corrected chi connectivity index (χ4v) is 3.31. The van der Waals surface area contributed by atoms with E-state index in [2.05, 4.69) is 15.1 Å². The molecule has 2 aromatic carbocycles. The molecule has 0 aliphatic heterocycles. The van der Waals surface area contributed by atoms with Crippen LogP contribution >= 0.6 is 11.6 Å². The summed E-state index contributed by atoms with van der Waals surface area (Å²) in [6.07, 6.45) is 0. The number of azide groups is 1. The van der Waals surface area contributed by atoms with Crippen LogP contribution in [0.4, 0.5) is 0 Å². The molecule has 25 heavy (non-hydrogen) atoms. The summed E-state index contributed by atoms with van der Waals surface area (Å²) < 4.78 is 1.77. The predicted octanol–water partition coefficient (Wildman–Crippen LogP) is 5.24. The molecule has 0 bridgehead atoms. The molecule has 0 fully saturated rings. The van der Waals surface area contributed by atoms with Crippen molar-refractivity contribution in [2.24, 2.45) is 5.11 Å². The van der Waals surface area contributed by atoms with Gasteiger partial charge in [0.25, 0.3) is 0 Å².